The Balaban J connectivity index is 2.07. The molecule has 3 rings (SSSR count). The number of hydrogen-bond donors (Lipinski definition) is 2. The van der Waals surface area contributed by atoms with E-state index in [9.17, 15) is 23.6 Å². The number of H-pyrrole nitrogens is 1. The largest absolute Gasteiger partial charge is 0.493 e. The van der Waals surface area contributed by atoms with Crippen molar-refractivity contribution in [1.29, 1.82) is 0 Å². The quantitative estimate of drug-likeness (QED) is 0.265. The molecule has 0 aliphatic carbocycles. The highest BCUT2D eigenvalue weighted by Gasteiger charge is 2.26. The Hall–Kier alpha value is -3.31. The van der Waals surface area contributed by atoms with Crippen LogP contribution in [0.2, 0.25) is 0 Å². The van der Waals surface area contributed by atoms with Gasteiger partial charge in [-0.3, -0.25) is 10.1 Å². The zero-order valence-electron chi connectivity index (χ0n) is 18.2. The van der Waals surface area contributed by atoms with Crippen LogP contribution in [-0.4, -0.2) is 40.8 Å². The van der Waals surface area contributed by atoms with Crippen molar-refractivity contribution >= 4 is 38.0 Å². The van der Waals surface area contributed by atoms with E-state index in [1.165, 1.54) is 16.4 Å². The number of aromatic amines is 1. The second-order valence-electron chi connectivity index (χ2n) is 7.48. The van der Waals surface area contributed by atoms with Crippen LogP contribution in [0.3, 0.4) is 0 Å². The number of aromatic nitrogens is 1. The average molecular weight is 460 g/mol. The van der Waals surface area contributed by atoms with Gasteiger partial charge in [-0.05, 0) is 35.7 Å². The zero-order chi connectivity index (χ0) is 23.6. The molecule has 0 atom stereocenters. The molecule has 10 nitrogen and oxygen atoms in total. The fraction of sp³-hybridized carbons (Fsp3) is 0.333. The molecule has 3 aromatic rings. The average Bonchev–Trinajstić information content (AvgIpc) is 3.06. The van der Waals surface area contributed by atoms with Gasteiger partial charge in [-0.1, -0.05) is 33.8 Å². The van der Waals surface area contributed by atoms with E-state index in [0.29, 0.717) is 10.9 Å². The molecule has 0 aliphatic heterocycles. The van der Waals surface area contributed by atoms with Crippen molar-refractivity contribution in [3.05, 3.63) is 52.1 Å². The van der Waals surface area contributed by atoms with Crippen molar-refractivity contribution in [2.45, 2.75) is 38.5 Å². The predicted octanol–water partition coefficient (Wildman–Crippen LogP) is 5.35. The highest BCUT2D eigenvalue weighted by Crippen LogP contribution is 2.39. The van der Waals surface area contributed by atoms with E-state index in [4.69, 9.17) is 0 Å². The third-order valence-corrected chi connectivity index (χ3v) is 7.23. The summed E-state index contributed by atoms with van der Waals surface area (Å²) in [5, 5.41) is 30.5. The summed E-state index contributed by atoms with van der Waals surface area (Å²) >= 11 is 0. The number of sulfonamides is 1. The summed E-state index contributed by atoms with van der Waals surface area (Å²) in [4.78, 5) is 13.5. The van der Waals surface area contributed by atoms with E-state index >= 15 is 0 Å². The number of fused-ring (bicyclic) bond motifs is 1. The zero-order valence-corrected chi connectivity index (χ0v) is 19.0. The van der Waals surface area contributed by atoms with Gasteiger partial charge in [0.05, 0.1) is 15.3 Å². The normalized spacial score (nSPS) is 12.4. The summed E-state index contributed by atoms with van der Waals surface area (Å²) in [7, 11) is -3.87. The Morgan fingerprint density at radius 3 is 2.41 bits per heavy atom. The highest BCUT2D eigenvalue weighted by atomic mass is 32.2. The van der Waals surface area contributed by atoms with E-state index < -0.39 is 20.6 Å². The van der Waals surface area contributed by atoms with E-state index in [2.05, 4.69) is 15.2 Å². The van der Waals surface area contributed by atoms with E-state index in [1.807, 2.05) is 32.0 Å². The first-order valence-corrected chi connectivity index (χ1v) is 11.6. The van der Waals surface area contributed by atoms with Gasteiger partial charge in [-0.2, -0.15) is 4.31 Å². The molecule has 1 aromatic heterocycles. The molecule has 170 valence electrons. The Kier molecular flexibility index (Phi) is 6.60. The predicted molar refractivity (Wildman–Crippen MR) is 121 cm³/mol. The molecular weight excluding hydrogens is 434 g/mol. The van der Waals surface area contributed by atoms with Crippen molar-refractivity contribution in [3.63, 3.8) is 0 Å². The molecule has 0 spiro atoms. The third-order valence-electron chi connectivity index (χ3n) is 5.19. The topological polar surface area (TPSA) is 141 Å². The van der Waals surface area contributed by atoms with Crippen molar-refractivity contribution in [2.75, 3.05) is 13.1 Å². The van der Waals surface area contributed by atoms with Gasteiger partial charge in [0.1, 0.15) is 0 Å². The van der Waals surface area contributed by atoms with Crippen LogP contribution < -0.4 is 0 Å². The first-order valence-electron chi connectivity index (χ1n) is 10.1. The lowest BCUT2D eigenvalue weighted by molar-refractivity contribution is -0.384. The number of nitro benzene ring substituents is 1. The number of benzene rings is 2. The number of rotatable bonds is 8. The Bertz CT molecular complexity index is 1290. The first kappa shape index (κ1) is 23.4. The lowest BCUT2D eigenvalue weighted by atomic mass is 10.0. The maximum absolute atomic E-state index is 12.7. The van der Waals surface area contributed by atoms with E-state index in [0.717, 1.165) is 11.6 Å². The molecule has 0 radical (unpaired) electrons. The van der Waals surface area contributed by atoms with Crippen LogP contribution in [0.15, 0.2) is 51.5 Å². The summed E-state index contributed by atoms with van der Waals surface area (Å²) in [5.74, 6) is 0.0376. The van der Waals surface area contributed by atoms with Gasteiger partial charge >= 0.3 is 0 Å². The van der Waals surface area contributed by atoms with Crippen LogP contribution >= 0.6 is 0 Å². The second-order valence-corrected chi connectivity index (χ2v) is 9.42. The molecule has 2 N–H and O–H groups in total. The SMILES string of the molecule is CCN(CC)S(=O)(=O)c1ccc(N=Nc2c(O)[nH]c3ccc(C(C)C)cc23)c([N+](=O)[O-])c1. The fourth-order valence-electron chi connectivity index (χ4n) is 3.35. The van der Waals surface area contributed by atoms with Crippen molar-refractivity contribution in [3.8, 4) is 5.88 Å². The van der Waals surface area contributed by atoms with Gasteiger partial charge in [0, 0.05) is 24.5 Å². The van der Waals surface area contributed by atoms with E-state index in [1.54, 1.807) is 13.8 Å². The molecule has 32 heavy (non-hydrogen) atoms. The van der Waals surface area contributed by atoms with Gasteiger partial charge in [0.2, 0.25) is 15.9 Å². The molecule has 11 heteroatoms. The van der Waals surface area contributed by atoms with Crippen LogP contribution in [0.4, 0.5) is 17.1 Å². The Morgan fingerprint density at radius 2 is 1.81 bits per heavy atom. The second kappa shape index (κ2) is 9.05. The molecule has 0 aliphatic rings. The highest BCUT2D eigenvalue weighted by molar-refractivity contribution is 7.89. The number of azo groups is 1. The lowest BCUT2D eigenvalue weighted by Crippen LogP contribution is -2.30. The van der Waals surface area contributed by atoms with Crippen LogP contribution in [0.25, 0.3) is 10.9 Å². The molecule has 0 amide bonds. The van der Waals surface area contributed by atoms with Crippen molar-refractivity contribution < 1.29 is 18.4 Å². The number of nitrogens with zero attached hydrogens (tertiary/aromatic N) is 4. The lowest BCUT2D eigenvalue weighted by Gasteiger charge is -2.18. The van der Waals surface area contributed by atoms with Crippen molar-refractivity contribution in [1.82, 2.24) is 9.29 Å². The molecule has 0 bridgehead atoms. The van der Waals surface area contributed by atoms with Gasteiger partial charge in [-0.25, -0.2) is 8.42 Å². The first-order chi connectivity index (χ1) is 15.1. The Morgan fingerprint density at radius 1 is 1.12 bits per heavy atom. The fourth-order valence-corrected chi connectivity index (χ4v) is 4.83. The molecule has 0 fully saturated rings. The summed E-state index contributed by atoms with van der Waals surface area (Å²) in [6.45, 7) is 7.93. The number of nitro groups is 1. The summed E-state index contributed by atoms with van der Waals surface area (Å²) < 4.78 is 26.6. The molecule has 1 heterocycles. The number of aromatic hydroxyl groups is 1. The summed E-state index contributed by atoms with van der Waals surface area (Å²) in [5.41, 5.74) is 1.21. The van der Waals surface area contributed by atoms with Gasteiger partial charge in [0.15, 0.2) is 11.4 Å². The summed E-state index contributed by atoms with van der Waals surface area (Å²) in [6, 6.07) is 9.11. The van der Waals surface area contributed by atoms with Crippen LogP contribution in [0.5, 0.6) is 5.88 Å². The maximum Gasteiger partial charge on any atom is 0.298 e. The maximum atomic E-state index is 12.7. The van der Waals surface area contributed by atoms with Gasteiger partial charge in [0.25, 0.3) is 5.69 Å². The third kappa shape index (κ3) is 4.34. The molecule has 2 aromatic carbocycles. The molecule has 0 saturated carbocycles. The minimum Gasteiger partial charge on any atom is -0.493 e. The van der Waals surface area contributed by atoms with Crippen molar-refractivity contribution in [2.24, 2.45) is 10.2 Å². The van der Waals surface area contributed by atoms with Gasteiger partial charge < -0.3 is 10.1 Å². The summed E-state index contributed by atoms with van der Waals surface area (Å²) in [6.07, 6.45) is 0. The van der Waals surface area contributed by atoms with E-state index in [-0.39, 0.29) is 41.2 Å². The standard InChI is InChI=1S/C21H25N5O5S/c1-5-25(6-2)32(30,31)15-8-10-18(19(12-15)26(28)29)23-24-20-16-11-14(13(3)4)7-9-17(16)22-21(20)27/h7-13,22,27H,5-6H2,1-4H3. The van der Waals surface area contributed by atoms with Gasteiger partial charge in [-0.15, -0.1) is 10.2 Å². The van der Waals surface area contributed by atoms with Crippen LogP contribution in [0, 0.1) is 10.1 Å². The van der Waals surface area contributed by atoms with Crippen LogP contribution in [-0.2, 0) is 10.0 Å². The molecule has 0 unspecified atom stereocenters. The number of hydrogen-bond acceptors (Lipinski definition) is 7. The Labute approximate surface area is 185 Å². The minimum atomic E-state index is -3.87. The monoisotopic (exact) mass is 459 g/mol. The van der Waals surface area contributed by atoms with Crippen LogP contribution in [0.1, 0.15) is 39.2 Å². The molecular formula is C21H25N5O5S. The smallest absolute Gasteiger partial charge is 0.298 e. The number of nitrogens with one attached hydrogen (secondary N) is 1. The molecule has 0 saturated heterocycles. The minimum absolute atomic E-state index is 0.123.